The molecule has 0 heterocycles. The van der Waals surface area contributed by atoms with Gasteiger partial charge in [-0.1, -0.05) is 66.7 Å². The first kappa shape index (κ1) is 15.0. The van der Waals surface area contributed by atoms with Gasteiger partial charge in [-0.25, -0.2) is 4.79 Å². The number of carbonyl (C=O) groups is 1. The predicted octanol–water partition coefficient (Wildman–Crippen LogP) is 3.41. The van der Waals surface area contributed by atoms with Gasteiger partial charge in [-0.2, -0.15) is 0 Å². The molecular weight excluding hydrogens is 264 g/mol. The molecule has 0 radical (unpaired) electrons. The zero-order valence-electron chi connectivity index (χ0n) is 11.9. The number of aliphatic hydroxyl groups is 1. The summed E-state index contributed by atoms with van der Waals surface area (Å²) in [7, 11) is 0. The van der Waals surface area contributed by atoms with Crippen LogP contribution in [0.1, 0.15) is 24.2 Å². The van der Waals surface area contributed by atoms with Crippen LogP contribution in [0.2, 0.25) is 0 Å². The average Bonchev–Trinajstić information content (AvgIpc) is 2.55. The Kier molecular flexibility index (Phi) is 5.29. The number of hydrogen-bond acceptors (Lipinski definition) is 3. The molecule has 1 atom stereocenters. The van der Waals surface area contributed by atoms with E-state index in [1.54, 1.807) is 25.1 Å². The minimum atomic E-state index is -0.973. The first-order valence-electron chi connectivity index (χ1n) is 6.82. The Balaban J connectivity index is 2.02. The summed E-state index contributed by atoms with van der Waals surface area (Å²) in [4.78, 5) is 12.1. The van der Waals surface area contributed by atoms with Gasteiger partial charge in [-0.15, -0.1) is 0 Å². The second-order valence-electron chi connectivity index (χ2n) is 4.62. The molecule has 108 valence electrons. The second-order valence-corrected chi connectivity index (χ2v) is 4.62. The maximum atomic E-state index is 12.1. The van der Waals surface area contributed by atoms with Crippen LogP contribution < -0.4 is 0 Å². The van der Waals surface area contributed by atoms with Crippen LogP contribution in [0.4, 0.5) is 0 Å². The second kappa shape index (κ2) is 7.41. The third-order valence-corrected chi connectivity index (χ3v) is 3.17. The first-order chi connectivity index (χ1) is 10.2. The van der Waals surface area contributed by atoms with E-state index in [1.165, 1.54) is 0 Å². The lowest BCUT2D eigenvalue weighted by Gasteiger charge is -2.14. The Morgan fingerprint density at radius 1 is 1.10 bits per heavy atom. The predicted molar refractivity (Wildman–Crippen MR) is 81.4 cm³/mol. The van der Waals surface area contributed by atoms with Gasteiger partial charge < -0.3 is 9.84 Å². The highest BCUT2D eigenvalue weighted by Gasteiger charge is 2.20. The molecule has 0 bridgehead atoms. The van der Waals surface area contributed by atoms with Crippen LogP contribution in [-0.2, 0) is 16.1 Å². The molecule has 0 amide bonds. The number of benzene rings is 2. The largest absolute Gasteiger partial charge is 0.457 e. The number of allylic oxidation sites excluding steroid dienone is 1. The number of hydrogen-bond donors (Lipinski definition) is 1. The van der Waals surface area contributed by atoms with Crippen LogP contribution in [0.5, 0.6) is 0 Å². The van der Waals surface area contributed by atoms with Crippen molar-refractivity contribution in [1.82, 2.24) is 0 Å². The van der Waals surface area contributed by atoms with Crippen LogP contribution >= 0.6 is 0 Å². The van der Waals surface area contributed by atoms with Gasteiger partial charge in [0, 0.05) is 0 Å². The summed E-state index contributed by atoms with van der Waals surface area (Å²) in [5, 5.41) is 10.3. The van der Waals surface area contributed by atoms with Crippen LogP contribution in [0.3, 0.4) is 0 Å². The van der Waals surface area contributed by atoms with Gasteiger partial charge in [0.1, 0.15) is 12.7 Å². The fourth-order valence-corrected chi connectivity index (χ4v) is 2.01. The van der Waals surface area contributed by atoms with Crippen molar-refractivity contribution in [1.29, 1.82) is 0 Å². The summed E-state index contributed by atoms with van der Waals surface area (Å²) >= 11 is 0. The molecule has 0 saturated heterocycles. The number of ether oxygens (including phenoxy) is 1. The summed E-state index contributed by atoms with van der Waals surface area (Å²) < 4.78 is 5.26. The highest BCUT2D eigenvalue weighted by molar-refractivity contribution is 5.89. The van der Waals surface area contributed by atoms with Gasteiger partial charge in [0.25, 0.3) is 0 Å². The van der Waals surface area contributed by atoms with E-state index in [0.29, 0.717) is 5.56 Å². The fourth-order valence-electron chi connectivity index (χ4n) is 2.01. The third-order valence-electron chi connectivity index (χ3n) is 3.17. The highest BCUT2D eigenvalue weighted by Crippen LogP contribution is 2.22. The molecule has 1 unspecified atom stereocenters. The fraction of sp³-hybridized carbons (Fsp3) is 0.167. The molecule has 0 saturated carbocycles. The van der Waals surface area contributed by atoms with E-state index in [9.17, 15) is 9.90 Å². The molecule has 0 aromatic heterocycles. The first-order valence-corrected chi connectivity index (χ1v) is 6.82. The average molecular weight is 282 g/mol. The van der Waals surface area contributed by atoms with E-state index >= 15 is 0 Å². The van der Waals surface area contributed by atoms with Gasteiger partial charge in [-0.05, 0) is 18.1 Å². The van der Waals surface area contributed by atoms with Gasteiger partial charge >= 0.3 is 5.97 Å². The van der Waals surface area contributed by atoms with Crippen molar-refractivity contribution >= 4 is 5.97 Å². The molecule has 2 aromatic carbocycles. The zero-order chi connectivity index (χ0) is 15.1. The molecule has 0 fully saturated rings. The number of rotatable bonds is 5. The highest BCUT2D eigenvalue weighted by atomic mass is 16.5. The van der Waals surface area contributed by atoms with Crippen molar-refractivity contribution in [3.05, 3.63) is 83.4 Å². The standard InChI is InChI=1S/C18H18O3/c1-2-16(17(19)15-11-7-4-8-12-15)18(20)21-13-14-9-5-3-6-10-14/h2-12,17,19H,13H2,1H3/b16-2-. The molecule has 3 nitrogen and oxygen atoms in total. The Hall–Kier alpha value is -2.39. The van der Waals surface area contributed by atoms with E-state index in [0.717, 1.165) is 5.56 Å². The zero-order valence-corrected chi connectivity index (χ0v) is 11.9. The Morgan fingerprint density at radius 3 is 2.24 bits per heavy atom. The molecule has 0 aliphatic rings. The number of aliphatic hydroxyl groups excluding tert-OH is 1. The van der Waals surface area contributed by atoms with E-state index < -0.39 is 12.1 Å². The monoisotopic (exact) mass is 282 g/mol. The van der Waals surface area contributed by atoms with Crippen molar-refractivity contribution in [3.63, 3.8) is 0 Å². The van der Waals surface area contributed by atoms with Crippen LogP contribution in [0.15, 0.2) is 72.3 Å². The summed E-state index contributed by atoms with van der Waals surface area (Å²) in [5.74, 6) is -0.502. The normalized spacial score (nSPS) is 12.8. The van der Waals surface area contributed by atoms with Gasteiger partial charge in [0.15, 0.2) is 0 Å². The van der Waals surface area contributed by atoms with Crippen molar-refractivity contribution in [3.8, 4) is 0 Å². The van der Waals surface area contributed by atoms with E-state index in [2.05, 4.69) is 0 Å². The molecule has 21 heavy (non-hydrogen) atoms. The van der Waals surface area contributed by atoms with Gasteiger partial charge in [0.2, 0.25) is 0 Å². The SMILES string of the molecule is C/C=C(\C(=O)OCc1ccccc1)C(O)c1ccccc1. The maximum Gasteiger partial charge on any atom is 0.337 e. The topological polar surface area (TPSA) is 46.5 Å². The molecule has 2 aromatic rings. The molecule has 3 heteroatoms. The third kappa shape index (κ3) is 4.04. The van der Waals surface area contributed by atoms with Crippen LogP contribution in [0, 0.1) is 0 Å². The quantitative estimate of drug-likeness (QED) is 0.675. The summed E-state index contributed by atoms with van der Waals surface area (Å²) in [6.45, 7) is 1.91. The van der Waals surface area contributed by atoms with Crippen molar-refractivity contribution in [2.75, 3.05) is 0 Å². The van der Waals surface area contributed by atoms with Crippen LogP contribution in [-0.4, -0.2) is 11.1 Å². The summed E-state index contributed by atoms with van der Waals surface area (Å²) in [5.41, 5.74) is 1.83. The Bertz CT molecular complexity index is 603. The molecule has 1 N–H and O–H groups in total. The molecule has 0 spiro atoms. The van der Waals surface area contributed by atoms with Crippen molar-refractivity contribution < 1.29 is 14.6 Å². The van der Waals surface area contributed by atoms with Crippen LogP contribution in [0.25, 0.3) is 0 Å². The van der Waals surface area contributed by atoms with E-state index in [1.807, 2.05) is 48.5 Å². The Morgan fingerprint density at radius 2 is 1.67 bits per heavy atom. The molecular formula is C18H18O3. The molecule has 0 aliphatic heterocycles. The number of carbonyl (C=O) groups excluding carboxylic acids is 1. The maximum absolute atomic E-state index is 12.1. The van der Waals surface area contributed by atoms with Gasteiger partial charge in [0.05, 0.1) is 5.57 Å². The van der Waals surface area contributed by atoms with E-state index in [-0.39, 0.29) is 12.2 Å². The Labute approximate surface area is 124 Å². The van der Waals surface area contributed by atoms with Crippen molar-refractivity contribution in [2.45, 2.75) is 19.6 Å². The summed E-state index contributed by atoms with van der Waals surface area (Å²) in [6.07, 6.45) is 0.616. The lowest BCUT2D eigenvalue weighted by Crippen LogP contribution is -2.14. The number of esters is 1. The van der Waals surface area contributed by atoms with Crippen molar-refractivity contribution in [2.24, 2.45) is 0 Å². The van der Waals surface area contributed by atoms with E-state index in [4.69, 9.17) is 4.74 Å². The minimum Gasteiger partial charge on any atom is -0.457 e. The van der Waals surface area contributed by atoms with Gasteiger partial charge in [-0.3, -0.25) is 0 Å². The minimum absolute atomic E-state index is 0.193. The molecule has 0 aliphatic carbocycles. The lowest BCUT2D eigenvalue weighted by atomic mass is 10.0. The lowest BCUT2D eigenvalue weighted by molar-refractivity contribution is -0.141. The summed E-state index contributed by atoms with van der Waals surface area (Å²) in [6, 6.07) is 18.5. The molecule has 2 rings (SSSR count). The smallest absolute Gasteiger partial charge is 0.337 e.